The Kier molecular flexibility index (Phi) is 3.91. The molecule has 1 aromatic rings. The van der Waals surface area contributed by atoms with Gasteiger partial charge in [-0.25, -0.2) is 0 Å². The highest BCUT2D eigenvalue weighted by molar-refractivity contribution is 9.10. The van der Waals surface area contributed by atoms with Gasteiger partial charge in [-0.05, 0) is 61.3 Å². The molecule has 4 nitrogen and oxygen atoms in total. The van der Waals surface area contributed by atoms with Crippen molar-refractivity contribution in [2.75, 3.05) is 27.2 Å². The van der Waals surface area contributed by atoms with Gasteiger partial charge in [0.15, 0.2) is 0 Å². The van der Waals surface area contributed by atoms with Crippen molar-refractivity contribution in [3.63, 3.8) is 0 Å². The number of rotatable bonds is 3. The minimum Gasteiger partial charge on any atom is -0.339 e. The summed E-state index contributed by atoms with van der Waals surface area (Å²) in [6.45, 7) is 2.12. The SMILES string of the molecule is CN1CCCC(N(C)C(=O)c2cc(Br)cn2C2CC2)C1. The van der Waals surface area contributed by atoms with Crippen LogP contribution in [0.3, 0.4) is 0 Å². The molecule has 1 aromatic heterocycles. The first-order chi connectivity index (χ1) is 9.56. The summed E-state index contributed by atoms with van der Waals surface area (Å²) in [6.07, 6.45) is 6.71. The molecule has 0 N–H and O–H groups in total. The third kappa shape index (κ3) is 2.79. The lowest BCUT2D eigenvalue weighted by Gasteiger charge is -2.36. The van der Waals surface area contributed by atoms with Gasteiger partial charge < -0.3 is 14.4 Å². The molecule has 20 heavy (non-hydrogen) atoms. The average Bonchev–Trinajstić information content (AvgIpc) is 3.20. The lowest BCUT2D eigenvalue weighted by molar-refractivity contribution is 0.0633. The van der Waals surface area contributed by atoms with Crippen LogP contribution in [-0.2, 0) is 0 Å². The Balaban J connectivity index is 1.77. The molecule has 0 bridgehead atoms. The van der Waals surface area contributed by atoms with Crippen LogP contribution in [0.15, 0.2) is 16.7 Å². The molecular formula is C15H22BrN3O. The van der Waals surface area contributed by atoms with E-state index < -0.39 is 0 Å². The van der Waals surface area contributed by atoms with E-state index in [2.05, 4.69) is 32.4 Å². The van der Waals surface area contributed by atoms with Crippen molar-refractivity contribution in [3.05, 3.63) is 22.4 Å². The summed E-state index contributed by atoms with van der Waals surface area (Å²) in [5.41, 5.74) is 0.829. The molecule has 1 atom stereocenters. The van der Waals surface area contributed by atoms with Crippen molar-refractivity contribution >= 4 is 21.8 Å². The topological polar surface area (TPSA) is 28.5 Å². The number of aromatic nitrogens is 1. The summed E-state index contributed by atoms with van der Waals surface area (Å²) in [5.74, 6) is 0.155. The van der Waals surface area contributed by atoms with Gasteiger partial charge in [-0.1, -0.05) is 0 Å². The number of amides is 1. The predicted molar refractivity (Wildman–Crippen MR) is 83.0 cm³/mol. The second kappa shape index (κ2) is 5.53. The maximum absolute atomic E-state index is 12.8. The Hall–Kier alpha value is -0.810. The second-order valence-corrected chi connectivity index (χ2v) is 7.07. The number of halogens is 1. The number of nitrogens with zero attached hydrogens (tertiary/aromatic N) is 3. The van der Waals surface area contributed by atoms with Gasteiger partial charge in [-0.3, -0.25) is 4.79 Å². The lowest BCUT2D eigenvalue weighted by atomic mass is 10.0. The maximum Gasteiger partial charge on any atom is 0.270 e. The quantitative estimate of drug-likeness (QED) is 0.847. The van der Waals surface area contributed by atoms with Crippen molar-refractivity contribution in [3.8, 4) is 0 Å². The zero-order chi connectivity index (χ0) is 14.3. The molecule has 1 unspecified atom stereocenters. The number of hydrogen-bond donors (Lipinski definition) is 0. The molecular weight excluding hydrogens is 318 g/mol. The second-order valence-electron chi connectivity index (χ2n) is 6.16. The summed E-state index contributed by atoms with van der Waals surface area (Å²) in [4.78, 5) is 17.0. The molecule has 2 aliphatic rings. The van der Waals surface area contributed by atoms with E-state index in [0.717, 1.165) is 29.7 Å². The van der Waals surface area contributed by atoms with Crippen LogP contribution in [0.25, 0.3) is 0 Å². The maximum atomic E-state index is 12.8. The van der Waals surface area contributed by atoms with Crippen LogP contribution in [0.5, 0.6) is 0 Å². The monoisotopic (exact) mass is 339 g/mol. The van der Waals surface area contributed by atoms with Crippen LogP contribution in [-0.4, -0.2) is 53.5 Å². The van der Waals surface area contributed by atoms with E-state index in [1.807, 2.05) is 24.2 Å². The van der Waals surface area contributed by atoms with Gasteiger partial charge in [0.25, 0.3) is 5.91 Å². The first kappa shape index (κ1) is 14.1. The van der Waals surface area contributed by atoms with Gasteiger partial charge in [0.1, 0.15) is 5.69 Å². The number of carbonyl (C=O) groups is 1. The standard InChI is InChI=1S/C15H22BrN3O/c1-17-7-3-4-13(10-17)18(2)15(20)14-8-11(16)9-19(14)12-5-6-12/h8-9,12-13H,3-7,10H2,1-2H3. The van der Waals surface area contributed by atoms with Gasteiger partial charge >= 0.3 is 0 Å². The summed E-state index contributed by atoms with van der Waals surface area (Å²) < 4.78 is 3.15. The Morgan fingerprint density at radius 3 is 2.80 bits per heavy atom. The van der Waals surface area contributed by atoms with Crippen LogP contribution in [0.2, 0.25) is 0 Å². The van der Waals surface area contributed by atoms with Gasteiger partial charge in [-0.15, -0.1) is 0 Å². The largest absolute Gasteiger partial charge is 0.339 e. The Bertz CT molecular complexity index is 509. The highest BCUT2D eigenvalue weighted by Crippen LogP contribution is 2.37. The molecule has 1 saturated carbocycles. The third-order valence-corrected chi connectivity index (χ3v) is 4.88. The highest BCUT2D eigenvalue weighted by Gasteiger charge is 2.31. The normalized spacial score (nSPS) is 23.9. The van der Waals surface area contributed by atoms with Crippen LogP contribution in [0.4, 0.5) is 0 Å². The van der Waals surface area contributed by atoms with E-state index in [4.69, 9.17) is 0 Å². The highest BCUT2D eigenvalue weighted by atomic mass is 79.9. The summed E-state index contributed by atoms with van der Waals surface area (Å²) in [7, 11) is 4.08. The van der Waals surface area contributed by atoms with Crippen LogP contribution in [0, 0.1) is 0 Å². The predicted octanol–water partition coefficient (Wildman–Crippen LogP) is 2.75. The smallest absolute Gasteiger partial charge is 0.270 e. The van der Waals surface area contributed by atoms with Gasteiger partial charge in [0.05, 0.1) is 0 Å². The van der Waals surface area contributed by atoms with Crippen molar-refractivity contribution in [1.29, 1.82) is 0 Å². The number of piperidine rings is 1. The molecule has 1 amide bonds. The zero-order valence-corrected chi connectivity index (χ0v) is 13.8. The number of carbonyl (C=O) groups excluding carboxylic acids is 1. The number of hydrogen-bond acceptors (Lipinski definition) is 2. The summed E-state index contributed by atoms with van der Waals surface area (Å²) >= 11 is 3.50. The Morgan fingerprint density at radius 1 is 1.40 bits per heavy atom. The van der Waals surface area contributed by atoms with Gasteiger partial charge in [-0.2, -0.15) is 0 Å². The molecule has 5 heteroatoms. The molecule has 110 valence electrons. The van der Waals surface area contributed by atoms with E-state index in [1.54, 1.807) is 0 Å². The fourth-order valence-electron chi connectivity index (χ4n) is 3.07. The first-order valence-electron chi connectivity index (χ1n) is 7.39. The average molecular weight is 340 g/mol. The molecule has 3 rings (SSSR count). The van der Waals surface area contributed by atoms with E-state index in [-0.39, 0.29) is 5.91 Å². The van der Waals surface area contributed by atoms with Crippen LogP contribution >= 0.6 is 15.9 Å². The third-order valence-electron chi connectivity index (χ3n) is 4.44. The molecule has 2 heterocycles. The Morgan fingerprint density at radius 2 is 2.15 bits per heavy atom. The Labute approximate surface area is 128 Å². The van der Waals surface area contributed by atoms with Crippen LogP contribution < -0.4 is 0 Å². The van der Waals surface area contributed by atoms with E-state index in [1.165, 1.54) is 19.3 Å². The molecule has 1 aliphatic carbocycles. The van der Waals surface area contributed by atoms with E-state index in [0.29, 0.717) is 12.1 Å². The number of likely N-dealkylation sites (N-methyl/N-ethyl adjacent to an activating group) is 2. The fraction of sp³-hybridized carbons (Fsp3) is 0.667. The molecule has 0 spiro atoms. The lowest BCUT2D eigenvalue weighted by Crippen LogP contribution is -2.47. The van der Waals surface area contributed by atoms with E-state index >= 15 is 0 Å². The summed E-state index contributed by atoms with van der Waals surface area (Å²) in [6, 6.07) is 2.83. The molecule has 0 radical (unpaired) electrons. The zero-order valence-electron chi connectivity index (χ0n) is 12.2. The molecule has 1 aliphatic heterocycles. The van der Waals surface area contributed by atoms with Gasteiger partial charge in [0.2, 0.25) is 0 Å². The van der Waals surface area contributed by atoms with Crippen molar-refractivity contribution in [2.45, 2.75) is 37.8 Å². The minimum atomic E-state index is 0.155. The molecule has 0 aromatic carbocycles. The van der Waals surface area contributed by atoms with Crippen molar-refractivity contribution in [1.82, 2.24) is 14.4 Å². The molecule has 2 fully saturated rings. The van der Waals surface area contributed by atoms with E-state index in [9.17, 15) is 4.79 Å². The van der Waals surface area contributed by atoms with Crippen molar-refractivity contribution < 1.29 is 4.79 Å². The summed E-state index contributed by atoms with van der Waals surface area (Å²) in [5, 5.41) is 0. The van der Waals surface area contributed by atoms with Crippen molar-refractivity contribution in [2.24, 2.45) is 0 Å². The minimum absolute atomic E-state index is 0.155. The number of likely N-dealkylation sites (tertiary alicyclic amines) is 1. The fourth-order valence-corrected chi connectivity index (χ4v) is 3.51. The molecule has 1 saturated heterocycles. The van der Waals surface area contributed by atoms with Crippen LogP contribution in [0.1, 0.15) is 42.2 Å². The van der Waals surface area contributed by atoms with Gasteiger partial charge in [0, 0.05) is 36.3 Å². The first-order valence-corrected chi connectivity index (χ1v) is 8.18.